The Bertz CT molecular complexity index is 2370. The van der Waals surface area contributed by atoms with Crippen molar-refractivity contribution in [1.82, 2.24) is 0 Å². The molecular formula is C51H49N. The average molecular weight is 676 g/mol. The summed E-state index contributed by atoms with van der Waals surface area (Å²) in [6.07, 6.45) is 13.5. The van der Waals surface area contributed by atoms with Crippen molar-refractivity contribution in [1.29, 1.82) is 0 Å². The predicted molar refractivity (Wildman–Crippen MR) is 223 cm³/mol. The van der Waals surface area contributed by atoms with Crippen LogP contribution in [0.1, 0.15) is 112 Å². The molecule has 0 aromatic heterocycles. The van der Waals surface area contributed by atoms with Crippen molar-refractivity contribution in [3.63, 3.8) is 0 Å². The van der Waals surface area contributed by atoms with Crippen molar-refractivity contribution in [2.24, 2.45) is 0 Å². The fourth-order valence-corrected chi connectivity index (χ4v) is 10.6. The molecule has 0 saturated heterocycles. The normalized spacial score (nSPS) is 17.4. The Morgan fingerprint density at radius 1 is 0.442 bits per heavy atom. The van der Waals surface area contributed by atoms with Gasteiger partial charge < -0.3 is 4.90 Å². The Labute approximate surface area is 309 Å². The predicted octanol–water partition coefficient (Wildman–Crippen LogP) is 15.0. The minimum atomic E-state index is -0.140. The maximum atomic E-state index is 2.49. The number of anilines is 3. The molecule has 0 spiro atoms. The van der Waals surface area contributed by atoms with Crippen LogP contribution in [0.2, 0.25) is 0 Å². The van der Waals surface area contributed by atoms with E-state index in [2.05, 4.69) is 146 Å². The van der Waals surface area contributed by atoms with Crippen molar-refractivity contribution < 1.29 is 0 Å². The minimum Gasteiger partial charge on any atom is -0.310 e. The van der Waals surface area contributed by atoms with Gasteiger partial charge in [-0.3, -0.25) is 0 Å². The highest BCUT2D eigenvalue weighted by Gasteiger charge is 2.39. The van der Waals surface area contributed by atoms with Crippen LogP contribution in [-0.4, -0.2) is 0 Å². The van der Waals surface area contributed by atoms with Crippen LogP contribution in [0.5, 0.6) is 0 Å². The molecule has 2 fully saturated rings. The van der Waals surface area contributed by atoms with Gasteiger partial charge in [-0.05, 0) is 140 Å². The van der Waals surface area contributed by atoms with Gasteiger partial charge >= 0.3 is 0 Å². The summed E-state index contributed by atoms with van der Waals surface area (Å²) in [4.78, 5) is 2.49. The molecule has 0 heterocycles. The Kier molecular flexibility index (Phi) is 7.75. The van der Waals surface area contributed by atoms with Gasteiger partial charge in [0, 0.05) is 22.5 Å². The molecule has 0 unspecified atom stereocenters. The first-order valence-electron chi connectivity index (χ1n) is 20.1. The topological polar surface area (TPSA) is 3.24 Å². The highest BCUT2D eigenvalue weighted by atomic mass is 15.1. The summed E-state index contributed by atoms with van der Waals surface area (Å²) in [7, 11) is 0. The molecule has 0 N–H and O–H groups in total. The van der Waals surface area contributed by atoms with Gasteiger partial charge in [0.05, 0.1) is 0 Å². The number of benzene rings is 7. The number of nitrogens with zero attached hydrogens (tertiary/aromatic N) is 1. The summed E-state index contributed by atoms with van der Waals surface area (Å²) in [5, 5.41) is 8.09. The van der Waals surface area contributed by atoms with Crippen molar-refractivity contribution in [3.8, 4) is 11.1 Å². The fourth-order valence-electron chi connectivity index (χ4n) is 10.6. The smallest absolute Gasteiger partial charge is 0.0468 e. The van der Waals surface area contributed by atoms with E-state index in [1.807, 2.05) is 0 Å². The lowest BCUT2D eigenvalue weighted by Gasteiger charge is -2.29. The Morgan fingerprint density at radius 3 is 1.52 bits per heavy atom. The van der Waals surface area contributed by atoms with Crippen LogP contribution in [0.3, 0.4) is 0 Å². The zero-order valence-electron chi connectivity index (χ0n) is 30.8. The number of rotatable bonds is 5. The van der Waals surface area contributed by atoms with Crippen molar-refractivity contribution in [2.45, 2.75) is 95.3 Å². The molecule has 1 heteroatoms. The number of fused-ring (bicyclic) bond motifs is 10. The lowest BCUT2D eigenvalue weighted by atomic mass is 9.78. The lowest BCUT2D eigenvalue weighted by Crippen LogP contribution is -2.16. The average Bonchev–Trinajstić information content (AvgIpc) is 3.46. The molecule has 7 aromatic rings. The Hall–Kier alpha value is -4.88. The molecule has 258 valence electrons. The highest BCUT2D eigenvalue weighted by Crippen LogP contribution is 2.56. The molecule has 10 rings (SSSR count). The van der Waals surface area contributed by atoms with Crippen LogP contribution in [0.4, 0.5) is 17.1 Å². The van der Waals surface area contributed by atoms with Crippen LogP contribution < -0.4 is 4.90 Å². The fraction of sp³-hybridized carbons (Fsp3) is 0.294. The molecule has 2 saturated carbocycles. The minimum absolute atomic E-state index is 0.140. The Balaban J connectivity index is 1.10. The molecule has 0 radical (unpaired) electrons. The van der Waals surface area contributed by atoms with Crippen LogP contribution in [0, 0.1) is 0 Å². The quantitative estimate of drug-likeness (QED) is 0.164. The molecule has 52 heavy (non-hydrogen) atoms. The van der Waals surface area contributed by atoms with Crippen LogP contribution in [-0.2, 0) is 5.41 Å². The van der Waals surface area contributed by atoms with Gasteiger partial charge in [0.1, 0.15) is 0 Å². The van der Waals surface area contributed by atoms with Gasteiger partial charge in [-0.1, -0.05) is 143 Å². The lowest BCUT2D eigenvalue weighted by molar-refractivity contribution is 0.443. The van der Waals surface area contributed by atoms with E-state index in [0.29, 0.717) is 11.8 Å². The zero-order valence-corrected chi connectivity index (χ0v) is 30.8. The molecule has 3 aliphatic carbocycles. The van der Waals surface area contributed by atoms with E-state index in [-0.39, 0.29) is 5.41 Å². The molecule has 1 nitrogen and oxygen atoms in total. The van der Waals surface area contributed by atoms with Crippen LogP contribution in [0.25, 0.3) is 43.4 Å². The van der Waals surface area contributed by atoms with E-state index in [9.17, 15) is 0 Å². The summed E-state index contributed by atoms with van der Waals surface area (Å²) < 4.78 is 0. The van der Waals surface area contributed by atoms with Gasteiger partial charge in [-0.15, -0.1) is 0 Å². The second kappa shape index (κ2) is 12.7. The largest absolute Gasteiger partial charge is 0.310 e. The van der Waals surface area contributed by atoms with Crippen LogP contribution >= 0.6 is 0 Å². The third-order valence-electron chi connectivity index (χ3n) is 13.2. The first-order chi connectivity index (χ1) is 25.6. The monoisotopic (exact) mass is 675 g/mol. The van der Waals surface area contributed by atoms with E-state index in [1.165, 1.54) is 147 Å². The van der Waals surface area contributed by atoms with Crippen molar-refractivity contribution in [2.75, 3.05) is 4.90 Å². The summed E-state index contributed by atoms with van der Waals surface area (Å²) in [5.41, 5.74) is 12.3. The maximum Gasteiger partial charge on any atom is 0.0468 e. The standard InChI is InChI=1S/C51H49N/c1-51(2)49-42-32-30-41(33-38(42)25-31-47(49)48-45-19-11-9-17-43(45)44-18-10-12-20-46(44)50(48)51)52(39-26-21-36(22-27-39)34-13-5-3-6-14-34)40-28-23-37(24-29-40)35-15-7-4-8-16-35/h9-12,17-35H,3-8,13-16H2,1-2H3. The van der Waals surface area contributed by atoms with Crippen molar-refractivity contribution >= 4 is 49.4 Å². The third kappa shape index (κ3) is 5.11. The van der Waals surface area contributed by atoms with Crippen LogP contribution in [0.15, 0.2) is 127 Å². The zero-order chi connectivity index (χ0) is 34.8. The van der Waals surface area contributed by atoms with Gasteiger partial charge in [0.25, 0.3) is 0 Å². The highest BCUT2D eigenvalue weighted by molar-refractivity contribution is 6.19. The molecule has 3 aliphatic rings. The SMILES string of the molecule is CC1(C)c2c(ccc3cc(N(c4ccc(C5CCCCC5)cc4)c4ccc(C5CCCCC5)cc4)ccc23)-c2c1c1ccccc1c1ccccc21. The second-order valence-corrected chi connectivity index (χ2v) is 16.5. The third-order valence-corrected chi connectivity index (χ3v) is 13.2. The molecular weight excluding hydrogens is 627 g/mol. The molecule has 0 aliphatic heterocycles. The first-order valence-corrected chi connectivity index (χ1v) is 20.1. The molecule has 7 aromatic carbocycles. The molecule has 0 amide bonds. The number of hydrogen-bond donors (Lipinski definition) is 0. The van der Waals surface area contributed by atoms with Gasteiger partial charge in [0.2, 0.25) is 0 Å². The van der Waals surface area contributed by atoms with E-state index >= 15 is 0 Å². The summed E-state index contributed by atoms with van der Waals surface area (Å²) in [6.45, 7) is 4.89. The van der Waals surface area contributed by atoms with E-state index < -0.39 is 0 Å². The van der Waals surface area contributed by atoms with Gasteiger partial charge in [0.15, 0.2) is 0 Å². The van der Waals surface area contributed by atoms with Gasteiger partial charge in [-0.2, -0.15) is 0 Å². The maximum absolute atomic E-state index is 2.49. The molecule has 0 bridgehead atoms. The van der Waals surface area contributed by atoms with E-state index in [1.54, 1.807) is 0 Å². The van der Waals surface area contributed by atoms with E-state index in [4.69, 9.17) is 0 Å². The summed E-state index contributed by atoms with van der Waals surface area (Å²) in [5.74, 6) is 1.41. The first kappa shape index (κ1) is 31.8. The summed E-state index contributed by atoms with van der Waals surface area (Å²) in [6, 6.07) is 49.2. The second-order valence-electron chi connectivity index (χ2n) is 16.5. The number of hydrogen-bond acceptors (Lipinski definition) is 1. The van der Waals surface area contributed by atoms with Gasteiger partial charge in [-0.25, -0.2) is 0 Å². The van der Waals surface area contributed by atoms with Crippen molar-refractivity contribution in [3.05, 3.63) is 150 Å². The van der Waals surface area contributed by atoms with E-state index in [0.717, 1.165) is 0 Å². The Morgan fingerprint density at radius 2 is 0.942 bits per heavy atom. The summed E-state index contributed by atoms with van der Waals surface area (Å²) >= 11 is 0. The molecule has 0 atom stereocenters.